The average Bonchev–Trinajstić information content (AvgIpc) is 3.37. The van der Waals surface area contributed by atoms with Crippen LogP contribution in [0.15, 0.2) is 78.9 Å². The van der Waals surface area contributed by atoms with E-state index in [2.05, 4.69) is 6.92 Å². The van der Waals surface area contributed by atoms with Crippen LogP contribution in [0.1, 0.15) is 31.4 Å². The van der Waals surface area contributed by atoms with E-state index in [9.17, 15) is 14.0 Å². The molecule has 0 unspecified atom stereocenters. The Morgan fingerprint density at radius 1 is 0.882 bits per heavy atom. The average molecular weight is 461 g/mol. The van der Waals surface area contributed by atoms with Crippen molar-refractivity contribution in [2.45, 2.75) is 31.9 Å². The fraction of sp³-hybridized carbons (Fsp3) is 0.259. The summed E-state index contributed by atoms with van der Waals surface area (Å²) in [4.78, 5) is 34.3. The molecule has 7 heteroatoms. The molecule has 2 amide bonds. The van der Waals surface area contributed by atoms with Gasteiger partial charge in [-0.3, -0.25) is 14.4 Å². The maximum absolute atomic E-state index is 13.6. The number of amides is 2. The number of unbranched alkanes of at least 4 members (excludes halogenated alkanes) is 1. The second-order valence-electron chi connectivity index (χ2n) is 8.42. The molecular formula is C27H25FN2O4. The number of fused-ring (bicyclic) bond motifs is 1. The molecule has 6 nitrogen and oxygen atoms in total. The van der Waals surface area contributed by atoms with Gasteiger partial charge in [0.25, 0.3) is 5.91 Å². The van der Waals surface area contributed by atoms with Crippen molar-refractivity contribution in [2.24, 2.45) is 5.92 Å². The van der Waals surface area contributed by atoms with Crippen LogP contribution < -0.4 is 14.7 Å². The van der Waals surface area contributed by atoms with Gasteiger partial charge in [0, 0.05) is 0 Å². The Kier molecular flexibility index (Phi) is 6.02. The molecule has 174 valence electrons. The summed E-state index contributed by atoms with van der Waals surface area (Å²) in [7, 11) is 0. The lowest BCUT2D eigenvalue weighted by atomic mass is 9.90. The van der Waals surface area contributed by atoms with Crippen molar-refractivity contribution in [2.75, 3.05) is 16.6 Å². The lowest BCUT2D eigenvalue weighted by molar-refractivity contribution is -0.126. The van der Waals surface area contributed by atoms with Crippen molar-refractivity contribution < 1.29 is 23.6 Å². The van der Waals surface area contributed by atoms with Gasteiger partial charge in [0.15, 0.2) is 6.10 Å². The molecular weight excluding hydrogens is 435 g/mol. The van der Waals surface area contributed by atoms with Crippen LogP contribution in [0.4, 0.5) is 15.8 Å². The maximum atomic E-state index is 13.6. The highest BCUT2D eigenvalue weighted by Gasteiger charge is 2.60. The largest absolute Gasteiger partial charge is 0.494 e. The zero-order valence-electron chi connectivity index (χ0n) is 18.8. The van der Waals surface area contributed by atoms with Crippen molar-refractivity contribution in [1.29, 1.82) is 0 Å². The van der Waals surface area contributed by atoms with E-state index in [4.69, 9.17) is 9.57 Å². The van der Waals surface area contributed by atoms with Crippen molar-refractivity contribution >= 4 is 23.2 Å². The third-order valence-corrected chi connectivity index (χ3v) is 6.20. The molecule has 3 atom stereocenters. The highest BCUT2D eigenvalue weighted by molar-refractivity contribution is 6.23. The van der Waals surface area contributed by atoms with Crippen molar-refractivity contribution in [3.8, 4) is 5.75 Å². The second kappa shape index (κ2) is 9.27. The molecule has 0 N–H and O–H groups in total. The third-order valence-electron chi connectivity index (χ3n) is 6.20. The fourth-order valence-electron chi connectivity index (χ4n) is 4.49. The number of imide groups is 1. The van der Waals surface area contributed by atoms with Crippen LogP contribution >= 0.6 is 0 Å². The Morgan fingerprint density at radius 2 is 1.59 bits per heavy atom. The number of hydroxylamine groups is 1. The van der Waals surface area contributed by atoms with E-state index in [0.717, 1.165) is 12.8 Å². The number of para-hydroxylation sites is 1. The Morgan fingerprint density at radius 3 is 2.26 bits per heavy atom. The van der Waals surface area contributed by atoms with Crippen molar-refractivity contribution in [3.63, 3.8) is 0 Å². The molecule has 0 spiro atoms. The van der Waals surface area contributed by atoms with E-state index in [-0.39, 0.29) is 11.7 Å². The van der Waals surface area contributed by atoms with Gasteiger partial charge in [-0.2, -0.15) is 0 Å². The molecule has 3 aromatic carbocycles. The lowest BCUT2D eigenvalue weighted by Gasteiger charge is -2.28. The number of rotatable bonds is 7. The Hall–Kier alpha value is -3.71. The number of carbonyl (C=O) groups excluding carboxylic acids is 2. The third kappa shape index (κ3) is 3.92. The number of carbonyl (C=O) groups is 2. The summed E-state index contributed by atoms with van der Waals surface area (Å²) >= 11 is 0. The first kappa shape index (κ1) is 22.1. The molecule has 2 fully saturated rings. The van der Waals surface area contributed by atoms with Crippen LogP contribution in [0.25, 0.3) is 0 Å². The van der Waals surface area contributed by atoms with E-state index < -0.39 is 24.0 Å². The van der Waals surface area contributed by atoms with Crippen LogP contribution in [0.5, 0.6) is 5.75 Å². The SMILES string of the molecule is CCCCOc1ccc(N2C(=O)[C@@H]3[C@@H](c4ccc(F)cc4)N(c4ccccc4)O[C@H]3C2=O)cc1. The predicted octanol–water partition coefficient (Wildman–Crippen LogP) is 5.06. The normalized spacial score (nSPS) is 21.8. The summed E-state index contributed by atoms with van der Waals surface area (Å²) in [5.41, 5.74) is 1.88. The molecule has 5 rings (SSSR count). The molecule has 0 bridgehead atoms. The van der Waals surface area contributed by atoms with Crippen molar-refractivity contribution in [1.82, 2.24) is 0 Å². The Bertz CT molecular complexity index is 1170. The lowest BCUT2D eigenvalue weighted by Crippen LogP contribution is -2.37. The minimum absolute atomic E-state index is 0.345. The maximum Gasteiger partial charge on any atom is 0.266 e. The summed E-state index contributed by atoms with van der Waals surface area (Å²) < 4.78 is 19.3. The van der Waals surface area contributed by atoms with E-state index >= 15 is 0 Å². The van der Waals surface area contributed by atoms with Crippen LogP contribution in [0.3, 0.4) is 0 Å². The monoisotopic (exact) mass is 460 g/mol. The van der Waals surface area contributed by atoms with E-state index in [1.165, 1.54) is 17.0 Å². The first-order chi connectivity index (χ1) is 16.6. The first-order valence-corrected chi connectivity index (χ1v) is 11.5. The summed E-state index contributed by atoms with van der Waals surface area (Å²) in [6.07, 6.45) is 1.02. The zero-order valence-corrected chi connectivity index (χ0v) is 18.8. The second-order valence-corrected chi connectivity index (χ2v) is 8.42. The van der Waals surface area contributed by atoms with E-state index in [0.29, 0.717) is 29.3 Å². The summed E-state index contributed by atoms with van der Waals surface area (Å²) in [6.45, 7) is 2.71. The van der Waals surface area contributed by atoms with Gasteiger partial charge in [0.2, 0.25) is 5.91 Å². The Balaban J connectivity index is 1.46. The first-order valence-electron chi connectivity index (χ1n) is 11.5. The van der Waals surface area contributed by atoms with Crippen LogP contribution in [-0.4, -0.2) is 24.5 Å². The molecule has 2 aliphatic rings. The van der Waals surface area contributed by atoms with Gasteiger partial charge in [-0.05, 0) is 60.5 Å². The van der Waals surface area contributed by atoms with Crippen LogP contribution in [-0.2, 0) is 14.4 Å². The molecule has 0 radical (unpaired) electrons. The Labute approximate surface area is 197 Å². The molecule has 2 saturated heterocycles. The topological polar surface area (TPSA) is 59.1 Å². The molecule has 2 heterocycles. The minimum Gasteiger partial charge on any atom is -0.494 e. The molecule has 0 aromatic heterocycles. The van der Waals surface area contributed by atoms with Gasteiger partial charge in [-0.25, -0.2) is 14.4 Å². The van der Waals surface area contributed by atoms with E-state index in [1.807, 2.05) is 30.3 Å². The number of anilines is 2. The highest BCUT2D eigenvalue weighted by atomic mass is 19.1. The summed E-state index contributed by atoms with van der Waals surface area (Å²) in [5.74, 6) is -1.21. The highest BCUT2D eigenvalue weighted by Crippen LogP contribution is 2.47. The standard InChI is InChI=1S/C27H25FN2O4/c1-2-3-17-33-22-15-13-20(14-16-22)29-26(31)23-24(18-9-11-19(28)12-10-18)30(34-25(23)27(29)32)21-7-5-4-6-8-21/h4-16,23-25H,2-3,17H2,1H3/t23-,24-,25-/m1/s1. The number of hydrogen-bond acceptors (Lipinski definition) is 5. The van der Waals surface area contributed by atoms with Gasteiger partial charge in [-0.1, -0.05) is 43.7 Å². The van der Waals surface area contributed by atoms with Gasteiger partial charge in [-0.15, -0.1) is 0 Å². The molecule has 0 saturated carbocycles. The van der Waals surface area contributed by atoms with Gasteiger partial charge < -0.3 is 4.74 Å². The number of hydrogen-bond donors (Lipinski definition) is 0. The van der Waals surface area contributed by atoms with Crippen LogP contribution in [0.2, 0.25) is 0 Å². The zero-order chi connectivity index (χ0) is 23.7. The number of benzene rings is 3. The smallest absolute Gasteiger partial charge is 0.266 e. The van der Waals surface area contributed by atoms with Crippen molar-refractivity contribution in [3.05, 3.63) is 90.2 Å². The summed E-state index contributed by atoms with van der Waals surface area (Å²) in [5, 5.41) is 1.60. The number of nitrogens with zero attached hydrogens (tertiary/aromatic N) is 2. The van der Waals surface area contributed by atoms with Gasteiger partial charge in [0.1, 0.15) is 17.5 Å². The number of ether oxygens (including phenoxy) is 1. The van der Waals surface area contributed by atoms with E-state index in [1.54, 1.807) is 41.5 Å². The minimum atomic E-state index is -0.969. The molecule has 34 heavy (non-hydrogen) atoms. The predicted molar refractivity (Wildman–Crippen MR) is 126 cm³/mol. The van der Waals surface area contributed by atoms with Gasteiger partial charge in [0.05, 0.1) is 24.0 Å². The molecule has 2 aliphatic heterocycles. The van der Waals surface area contributed by atoms with Crippen LogP contribution in [0, 0.1) is 11.7 Å². The molecule has 3 aromatic rings. The quantitative estimate of drug-likeness (QED) is 0.365. The number of halogens is 1. The molecule has 0 aliphatic carbocycles. The summed E-state index contributed by atoms with van der Waals surface area (Å²) in [6, 6.07) is 21.6. The fourth-order valence-corrected chi connectivity index (χ4v) is 4.49. The van der Waals surface area contributed by atoms with Gasteiger partial charge >= 0.3 is 0 Å².